The van der Waals surface area contributed by atoms with Crippen molar-refractivity contribution >= 4 is 0 Å². The predicted octanol–water partition coefficient (Wildman–Crippen LogP) is 1.01. The fraction of sp³-hybridized carbons (Fsp3) is 0.769. The molecule has 18 heavy (non-hydrogen) atoms. The molecule has 5 heteroatoms. The first kappa shape index (κ1) is 12.1. The maximum Gasteiger partial charge on any atom is 0.168 e. The average molecular weight is 252 g/mol. The molecule has 0 aromatic carbocycles. The number of hydrogen-bond donors (Lipinski definition) is 1. The third-order valence-corrected chi connectivity index (χ3v) is 4.16. The molecule has 0 bridgehead atoms. The quantitative estimate of drug-likeness (QED) is 0.853. The zero-order chi connectivity index (χ0) is 12.6. The van der Waals surface area contributed by atoms with Crippen LogP contribution in [0.25, 0.3) is 0 Å². The van der Waals surface area contributed by atoms with Crippen molar-refractivity contribution in [3.8, 4) is 0 Å². The molecular weight excluding hydrogens is 232 g/mol. The van der Waals surface area contributed by atoms with Crippen molar-refractivity contribution in [3.63, 3.8) is 0 Å². The highest BCUT2D eigenvalue weighted by Gasteiger charge is 2.45. The van der Waals surface area contributed by atoms with E-state index in [9.17, 15) is 5.11 Å². The van der Waals surface area contributed by atoms with Crippen LogP contribution in [-0.2, 0) is 22.9 Å². The van der Waals surface area contributed by atoms with Crippen LogP contribution in [0.2, 0.25) is 0 Å². The Balaban J connectivity index is 1.65. The standard InChI is InChI=1S/C13H20N2O3/c1-15-7-6-14-11(15)10-12(16)2-4-13(5-3-12)17-8-9-18-13/h6-7,16H,2-5,8-10H2,1H3. The van der Waals surface area contributed by atoms with Crippen LogP contribution in [0, 0.1) is 0 Å². The van der Waals surface area contributed by atoms with E-state index in [-0.39, 0.29) is 0 Å². The van der Waals surface area contributed by atoms with Gasteiger partial charge in [-0.2, -0.15) is 0 Å². The van der Waals surface area contributed by atoms with Crippen molar-refractivity contribution in [3.05, 3.63) is 18.2 Å². The van der Waals surface area contributed by atoms with Crippen LogP contribution in [0.3, 0.4) is 0 Å². The van der Waals surface area contributed by atoms with E-state index >= 15 is 0 Å². The minimum atomic E-state index is -0.667. The van der Waals surface area contributed by atoms with Gasteiger partial charge < -0.3 is 19.1 Å². The van der Waals surface area contributed by atoms with Crippen molar-refractivity contribution in [1.29, 1.82) is 0 Å². The third-order valence-electron chi connectivity index (χ3n) is 4.16. The minimum Gasteiger partial charge on any atom is -0.389 e. The Morgan fingerprint density at radius 2 is 1.94 bits per heavy atom. The zero-order valence-electron chi connectivity index (χ0n) is 10.8. The molecule has 1 aromatic rings. The smallest absolute Gasteiger partial charge is 0.168 e. The zero-order valence-corrected chi connectivity index (χ0v) is 10.8. The maximum absolute atomic E-state index is 10.6. The summed E-state index contributed by atoms with van der Waals surface area (Å²) in [6, 6.07) is 0. The highest BCUT2D eigenvalue weighted by atomic mass is 16.7. The maximum atomic E-state index is 10.6. The topological polar surface area (TPSA) is 56.5 Å². The molecule has 1 N–H and O–H groups in total. The third kappa shape index (κ3) is 2.18. The van der Waals surface area contributed by atoms with Gasteiger partial charge in [0.05, 0.1) is 18.8 Å². The van der Waals surface area contributed by atoms with Crippen LogP contribution in [0.4, 0.5) is 0 Å². The fourth-order valence-electron chi connectivity index (χ4n) is 2.92. The Kier molecular flexibility index (Phi) is 2.92. The van der Waals surface area contributed by atoms with E-state index < -0.39 is 11.4 Å². The number of hydrogen-bond acceptors (Lipinski definition) is 4. The molecular formula is C13H20N2O3. The van der Waals surface area contributed by atoms with Gasteiger partial charge in [-0.25, -0.2) is 4.98 Å². The van der Waals surface area contributed by atoms with Gasteiger partial charge in [-0.1, -0.05) is 0 Å². The van der Waals surface area contributed by atoms with Gasteiger partial charge in [0.2, 0.25) is 0 Å². The molecule has 0 atom stereocenters. The molecule has 0 unspecified atom stereocenters. The van der Waals surface area contributed by atoms with Crippen LogP contribution >= 0.6 is 0 Å². The summed E-state index contributed by atoms with van der Waals surface area (Å²) in [6.07, 6.45) is 7.24. The van der Waals surface area contributed by atoms with Gasteiger partial charge in [-0.05, 0) is 12.8 Å². The number of aliphatic hydroxyl groups is 1. The molecule has 1 saturated heterocycles. The molecule has 1 aliphatic heterocycles. The van der Waals surface area contributed by atoms with Crippen LogP contribution < -0.4 is 0 Å². The first-order valence-corrected chi connectivity index (χ1v) is 6.57. The van der Waals surface area contributed by atoms with Gasteiger partial charge in [0.25, 0.3) is 0 Å². The highest BCUT2D eigenvalue weighted by Crippen LogP contribution is 2.41. The number of ether oxygens (including phenoxy) is 2. The lowest BCUT2D eigenvalue weighted by molar-refractivity contribution is -0.202. The molecule has 1 spiro atoms. The summed E-state index contributed by atoms with van der Waals surface area (Å²) in [7, 11) is 1.96. The van der Waals surface area contributed by atoms with Crippen LogP contribution in [0.15, 0.2) is 12.4 Å². The molecule has 2 heterocycles. The van der Waals surface area contributed by atoms with Gasteiger partial charge in [0, 0.05) is 38.7 Å². The fourth-order valence-corrected chi connectivity index (χ4v) is 2.92. The Hall–Kier alpha value is -0.910. The monoisotopic (exact) mass is 252 g/mol. The Bertz CT molecular complexity index is 414. The second kappa shape index (κ2) is 4.33. The molecule has 2 fully saturated rings. The summed E-state index contributed by atoms with van der Waals surface area (Å²) in [4.78, 5) is 4.28. The largest absolute Gasteiger partial charge is 0.389 e. The summed E-state index contributed by atoms with van der Waals surface area (Å²) in [6.45, 7) is 1.36. The number of rotatable bonds is 2. The molecule has 0 radical (unpaired) electrons. The molecule has 1 aliphatic carbocycles. The van der Waals surface area contributed by atoms with Gasteiger partial charge in [-0.3, -0.25) is 0 Å². The van der Waals surface area contributed by atoms with Crippen molar-refractivity contribution in [1.82, 2.24) is 9.55 Å². The first-order chi connectivity index (χ1) is 8.61. The van der Waals surface area contributed by atoms with E-state index in [1.54, 1.807) is 6.20 Å². The molecule has 5 nitrogen and oxygen atoms in total. The molecule has 0 amide bonds. The SMILES string of the molecule is Cn1ccnc1CC1(O)CCC2(CC1)OCCO2. The number of imidazole rings is 1. The van der Waals surface area contributed by atoms with Gasteiger partial charge in [0.15, 0.2) is 5.79 Å². The Morgan fingerprint density at radius 3 is 2.50 bits per heavy atom. The molecule has 1 saturated carbocycles. The summed E-state index contributed by atoms with van der Waals surface area (Å²) < 4.78 is 13.3. The van der Waals surface area contributed by atoms with Crippen LogP contribution in [0.1, 0.15) is 31.5 Å². The number of aryl methyl sites for hydroxylation is 1. The van der Waals surface area contributed by atoms with Crippen molar-refractivity contribution in [2.24, 2.45) is 7.05 Å². The summed E-state index contributed by atoms with van der Waals surface area (Å²) >= 11 is 0. The predicted molar refractivity (Wildman–Crippen MR) is 65.0 cm³/mol. The van der Waals surface area contributed by atoms with E-state index in [0.717, 1.165) is 18.7 Å². The van der Waals surface area contributed by atoms with E-state index in [4.69, 9.17) is 9.47 Å². The van der Waals surface area contributed by atoms with E-state index in [1.807, 2.05) is 17.8 Å². The molecule has 1 aromatic heterocycles. The lowest BCUT2D eigenvalue weighted by atomic mass is 9.79. The first-order valence-electron chi connectivity index (χ1n) is 6.57. The lowest BCUT2D eigenvalue weighted by Crippen LogP contribution is -2.45. The summed E-state index contributed by atoms with van der Waals surface area (Å²) in [5.41, 5.74) is -0.667. The average Bonchev–Trinajstić information content (AvgIpc) is 2.96. The second-order valence-electron chi connectivity index (χ2n) is 5.46. The second-order valence-corrected chi connectivity index (χ2v) is 5.46. The number of aromatic nitrogens is 2. The van der Waals surface area contributed by atoms with E-state index in [1.165, 1.54) is 0 Å². The molecule has 2 aliphatic rings. The normalized spacial score (nSPS) is 25.7. The summed E-state index contributed by atoms with van der Waals surface area (Å²) in [5.74, 6) is 0.523. The highest BCUT2D eigenvalue weighted by molar-refractivity contribution is 5.01. The molecule has 3 rings (SSSR count). The Labute approximate surface area is 107 Å². The lowest BCUT2D eigenvalue weighted by Gasteiger charge is -2.40. The van der Waals surface area contributed by atoms with Gasteiger partial charge >= 0.3 is 0 Å². The van der Waals surface area contributed by atoms with Crippen molar-refractivity contribution in [2.45, 2.75) is 43.5 Å². The summed E-state index contributed by atoms with van der Waals surface area (Å²) in [5, 5.41) is 10.6. The van der Waals surface area contributed by atoms with E-state index in [0.29, 0.717) is 32.5 Å². The number of nitrogens with zero attached hydrogens (tertiary/aromatic N) is 2. The van der Waals surface area contributed by atoms with E-state index in [2.05, 4.69) is 4.98 Å². The Morgan fingerprint density at radius 1 is 1.28 bits per heavy atom. The van der Waals surface area contributed by atoms with Crippen LogP contribution in [0.5, 0.6) is 0 Å². The van der Waals surface area contributed by atoms with Crippen molar-refractivity contribution < 1.29 is 14.6 Å². The molecule has 100 valence electrons. The van der Waals surface area contributed by atoms with Crippen molar-refractivity contribution in [2.75, 3.05) is 13.2 Å². The van der Waals surface area contributed by atoms with Gasteiger partial charge in [0.1, 0.15) is 5.82 Å². The van der Waals surface area contributed by atoms with Gasteiger partial charge in [-0.15, -0.1) is 0 Å². The minimum absolute atomic E-state index is 0.409. The van der Waals surface area contributed by atoms with Crippen LogP contribution in [-0.4, -0.2) is 39.3 Å².